The minimum atomic E-state index is -0.982. The van der Waals surface area contributed by atoms with Gasteiger partial charge in [-0.1, -0.05) is 41.9 Å². The van der Waals surface area contributed by atoms with Crippen LogP contribution < -0.4 is 10.2 Å². The van der Waals surface area contributed by atoms with Crippen molar-refractivity contribution < 1.29 is 23.5 Å². The predicted molar refractivity (Wildman–Crippen MR) is 140 cm³/mol. The fourth-order valence-corrected chi connectivity index (χ4v) is 4.62. The number of hydrogen-bond donors (Lipinski definition) is 2. The lowest BCUT2D eigenvalue weighted by molar-refractivity contribution is -0.136. The van der Waals surface area contributed by atoms with Crippen LogP contribution in [0, 0.1) is 11.6 Å². The van der Waals surface area contributed by atoms with Gasteiger partial charge in [-0.2, -0.15) is 0 Å². The minimum Gasteiger partial charge on any atom is -0.481 e. The van der Waals surface area contributed by atoms with Crippen LogP contribution in [0.1, 0.15) is 27.9 Å². The number of aliphatic carboxylic acids is 1. The molecule has 0 saturated carbocycles. The molecule has 0 bridgehead atoms. The number of aromatic nitrogens is 1. The molecule has 6 nitrogen and oxygen atoms in total. The van der Waals surface area contributed by atoms with Crippen molar-refractivity contribution >= 4 is 39.9 Å². The number of benzene rings is 3. The van der Waals surface area contributed by atoms with E-state index >= 15 is 0 Å². The lowest BCUT2D eigenvalue weighted by Crippen LogP contribution is -2.26. The van der Waals surface area contributed by atoms with Crippen molar-refractivity contribution in [1.82, 2.24) is 10.3 Å². The summed E-state index contributed by atoms with van der Waals surface area (Å²) in [5, 5.41) is 14.4. The highest BCUT2D eigenvalue weighted by Crippen LogP contribution is 2.31. The Morgan fingerprint density at radius 3 is 2.46 bits per heavy atom. The van der Waals surface area contributed by atoms with Gasteiger partial charge in [0.05, 0.1) is 12.1 Å². The van der Waals surface area contributed by atoms with Gasteiger partial charge in [0, 0.05) is 41.2 Å². The Morgan fingerprint density at radius 1 is 1.00 bits per heavy atom. The van der Waals surface area contributed by atoms with E-state index in [0.29, 0.717) is 40.1 Å². The van der Waals surface area contributed by atoms with Crippen molar-refractivity contribution in [1.29, 1.82) is 0 Å². The molecule has 0 fully saturated rings. The van der Waals surface area contributed by atoms with Crippen molar-refractivity contribution in [2.24, 2.45) is 0 Å². The first-order chi connectivity index (χ1) is 17.8. The molecule has 37 heavy (non-hydrogen) atoms. The molecule has 0 aliphatic carbocycles. The molecule has 190 valence electrons. The van der Waals surface area contributed by atoms with Crippen LogP contribution in [-0.2, 0) is 17.9 Å². The van der Waals surface area contributed by atoms with Gasteiger partial charge in [0.25, 0.3) is 5.91 Å². The Bertz CT molecular complexity index is 1410. The zero-order valence-corrected chi connectivity index (χ0v) is 21.0. The summed E-state index contributed by atoms with van der Waals surface area (Å²) >= 11 is 7.78. The molecule has 0 atom stereocenters. The van der Waals surface area contributed by atoms with Crippen LogP contribution in [0.2, 0.25) is 5.02 Å². The van der Waals surface area contributed by atoms with Crippen LogP contribution in [0.25, 0.3) is 11.3 Å². The Balaban J connectivity index is 1.55. The highest BCUT2D eigenvalue weighted by Gasteiger charge is 2.16. The number of amides is 1. The first-order valence-corrected chi connectivity index (χ1v) is 12.5. The molecule has 0 spiro atoms. The van der Waals surface area contributed by atoms with Crippen molar-refractivity contribution in [3.63, 3.8) is 0 Å². The second-order valence-electron chi connectivity index (χ2n) is 8.19. The van der Waals surface area contributed by atoms with Crippen LogP contribution in [-0.4, -0.2) is 28.5 Å². The number of anilines is 1. The summed E-state index contributed by atoms with van der Waals surface area (Å²) in [6, 6.07) is 18.1. The van der Waals surface area contributed by atoms with Crippen LogP contribution in [0.3, 0.4) is 0 Å². The van der Waals surface area contributed by atoms with E-state index in [2.05, 4.69) is 10.3 Å². The molecule has 0 radical (unpaired) electrons. The van der Waals surface area contributed by atoms with Gasteiger partial charge < -0.3 is 15.3 Å². The van der Waals surface area contributed by atoms with E-state index in [4.69, 9.17) is 16.7 Å². The van der Waals surface area contributed by atoms with Crippen LogP contribution >= 0.6 is 22.9 Å². The average molecular weight is 542 g/mol. The first kappa shape index (κ1) is 26.2. The molecular formula is C27H22ClF2N3O3S. The van der Waals surface area contributed by atoms with Crippen molar-refractivity contribution in [3.05, 3.63) is 105 Å². The molecule has 3 aromatic carbocycles. The molecule has 1 heterocycles. The Morgan fingerprint density at radius 2 is 1.76 bits per heavy atom. The van der Waals surface area contributed by atoms with Gasteiger partial charge in [0.1, 0.15) is 0 Å². The number of hydrogen-bond acceptors (Lipinski definition) is 5. The second kappa shape index (κ2) is 11.9. The van der Waals surface area contributed by atoms with E-state index in [1.54, 1.807) is 23.6 Å². The van der Waals surface area contributed by atoms with Gasteiger partial charge in [-0.3, -0.25) is 9.59 Å². The molecule has 1 aromatic heterocycles. The van der Waals surface area contributed by atoms with E-state index in [1.807, 2.05) is 35.2 Å². The Hall–Kier alpha value is -3.82. The summed E-state index contributed by atoms with van der Waals surface area (Å²) in [6.07, 6.45) is -0.152. The summed E-state index contributed by atoms with van der Waals surface area (Å²) in [5.74, 6) is -3.19. The fourth-order valence-electron chi connectivity index (χ4n) is 3.59. The van der Waals surface area contributed by atoms with Crippen molar-refractivity contribution in [2.45, 2.75) is 19.5 Å². The summed E-state index contributed by atoms with van der Waals surface area (Å²) in [5.41, 5.74) is 3.21. The van der Waals surface area contributed by atoms with Crippen LogP contribution in [0.4, 0.5) is 13.9 Å². The topological polar surface area (TPSA) is 82.5 Å². The van der Waals surface area contributed by atoms with E-state index < -0.39 is 17.6 Å². The number of nitrogens with one attached hydrogen (secondary N) is 1. The number of carboxylic acid groups (broad SMARTS) is 1. The second-order valence-corrected chi connectivity index (χ2v) is 9.43. The van der Waals surface area contributed by atoms with Gasteiger partial charge in [-0.25, -0.2) is 13.8 Å². The molecule has 10 heteroatoms. The number of rotatable bonds is 10. The molecule has 0 aliphatic rings. The molecule has 4 rings (SSSR count). The number of thiazole rings is 1. The van der Waals surface area contributed by atoms with E-state index in [0.717, 1.165) is 23.3 Å². The van der Waals surface area contributed by atoms with E-state index in [9.17, 15) is 18.4 Å². The third-order valence-electron chi connectivity index (χ3n) is 5.51. The molecule has 0 saturated heterocycles. The Labute approximate surface area is 221 Å². The van der Waals surface area contributed by atoms with Gasteiger partial charge in [-0.15, -0.1) is 11.3 Å². The normalized spacial score (nSPS) is 10.8. The summed E-state index contributed by atoms with van der Waals surface area (Å²) < 4.78 is 27.1. The highest BCUT2D eigenvalue weighted by atomic mass is 35.5. The lowest BCUT2D eigenvalue weighted by atomic mass is 10.1. The smallest absolute Gasteiger partial charge is 0.305 e. The summed E-state index contributed by atoms with van der Waals surface area (Å²) in [4.78, 5) is 29.6. The number of carbonyl (C=O) groups is 2. The van der Waals surface area contributed by atoms with Crippen molar-refractivity contribution in [3.8, 4) is 11.3 Å². The van der Waals surface area contributed by atoms with Gasteiger partial charge >= 0.3 is 5.97 Å². The van der Waals surface area contributed by atoms with Crippen LogP contribution in [0.15, 0.2) is 72.1 Å². The maximum atomic E-state index is 13.8. The molecule has 2 N–H and O–H groups in total. The number of halogens is 3. The zero-order valence-electron chi connectivity index (χ0n) is 19.5. The van der Waals surface area contributed by atoms with E-state index in [-0.39, 0.29) is 18.9 Å². The maximum absolute atomic E-state index is 13.8. The zero-order chi connectivity index (χ0) is 26.4. The molecule has 0 aliphatic heterocycles. The van der Waals surface area contributed by atoms with Crippen LogP contribution in [0.5, 0.6) is 0 Å². The number of carbonyl (C=O) groups excluding carboxylic acids is 1. The summed E-state index contributed by atoms with van der Waals surface area (Å²) in [6.45, 7) is 0.935. The molecule has 0 unspecified atom stereocenters. The standard InChI is InChI=1S/C27H22ClF2N3O3S/c28-21-4-2-1-3-20(21)15-33(27-32-24(16-37-27)19-9-10-22(29)23(30)13-19)14-17-5-7-18(8-6-17)26(36)31-12-11-25(34)35/h1-10,13,16H,11-12,14-15H2,(H,31,36)(H,34,35). The predicted octanol–water partition coefficient (Wildman–Crippen LogP) is 6.15. The number of carboxylic acids is 1. The highest BCUT2D eigenvalue weighted by molar-refractivity contribution is 7.14. The molecular weight excluding hydrogens is 520 g/mol. The van der Waals surface area contributed by atoms with Gasteiger partial charge in [0.2, 0.25) is 0 Å². The molecule has 1 amide bonds. The average Bonchev–Trinajstić information content (AvgIpc) is 3.37. The monoisotopic (exact) mass is 541 g/mol. The molecule has 4 aromatic rings. The third-order valence-corrected chi connectivity index (χ3v) is 6.78. The number of nitrogens with zero attached hydrogens (tertiary/aromatic N) is 2. The Kier molecular flexibility index (Phi) is 8.47. The minimum absolute atomic E-state index is 0.0475. The SMILES string of the molecule is O=C(O)CCNC(=O)c1ccc(CN(Cc2ccccc2Cl)c2nc(-c3ccc(F)c(F)c3)cs2)cc1. The fraction of sp³-hybridized carbons (Fsp3) is 0.148. The van der Waals surface area contributed by atoms with Gasteiger partial charge in [0.15, 0.2) is 16.8 Å². The maximum Gasteiger partial charge on any atom is 0.305 e. The quantitative estimate of drug-likeness (QED) is 0.251. The third kappa shape index (κ3) is 6.90. The lowest BCUT2D eigenvalue weighted by Gasteiger charge is -2.23. The largest absolute Gasteiger partial charge is 0.481 e. The van der Waals surface area contributed by atoms with Gasteiger partial charge in [-0.05, 0) is 47.5 Å². The van der Waals surface area contributed by atoms with E-state index in [1.165, 1.54) is 17.4 Å². The summed E-state index contributed by atoms with van der Waals surface area (Å²) in [7, 11) is 0. The first-order valence-electron chi connectivity index (χ1n) is 11.3. The van der Waals surface area contributed by atoms with Crippen molar-refractivity contribution in [2.75, 3.05) is 11.4 Å².